The maximum Gasteiger partial charge on any atom is 0.479 e. The fourth-order valence-corrected chi connectivity index (χ4v) is 0.209. The van der Waals surface area contributed by atoms with Gasteiger partial charge in [-0.25, -0.2) is 0 Å². The van der Waals surface area contributed by atoms with E-state index in [1.165, 1.54) is 6.92 Å². The lowest BCUT2D eigenvalue weighted by Crippen LogP contribution is -1.96. The Hall–Kier alpha value is -0.530. The highest BCUT2D eigenvalue weighted by molar-refractivity contribution is 5.67. The first-order valence-corrected chi connectivity index (χ1v) is 1.92. The predicted octanol–water partition coefficient (Wildman–Crippen LogP) is 0.545. The monoisotopic (exact) mass is 89.1 g/mol. The molecule has 0 unspecified atom stereocenters. The molecule has 0 heterocycles. The molecular weight excluding hydrogens is 80.0 g/mol. The summed E-state index contributed by atoms with van der Waals surface area (Å²) >= 11 is 0. The summed E-state index contributed by atoms with van der Waals surface area (Å²) in [6.07, 6.45) is 0. The molecule has 36 valence electrons. The van der Waals surface area contributed by atoms with E-state index >= 15 is 0 Å². The minimum Gasteiger partial charge on any atom is -0.339 e. The smallest absolute Gasteiger partial charge is 0.339 e. The lowest BCUT2D eigenvalue weighted by atomic mass is 10.8. The van der Waals surface area contributed by atoms with Crippen molar-refractivity contribution in [3.05, 3.63) is 0 Å². The molecule has 0 saturated carbocycles. The molecule has 0 aliphatic rings. The normalized spacial score (nSPS) is 7.67. The minimum absolute atomic E-state index is 0.0394. The van der Waals surface area contributed by atoms with Crippen LogP contribution in [0.4, 0.5) is 0 Å². The zero-order valence-corrected chi connectivity index (χ0v) is 4.06. The first-order chi connectivity index (χ1) is 2.77. The van der Waals surface area contributed by atoms with Crippen LogP contribution in [0.25, 0.3) is 0 Å². The molecule has 0 aromatic heterocycles. The van der Waals surface area contributed by atoms with Crippen LogP contribution < -0.4 is 0 Å². The Bertz CT molecular complexity index is 49.5. The van der Waals surface area contributed by atoms with Gasteiger partial charge >= 0.3 is 5.97 Å². The summed E-state index contributed by atoms with van der Waals surface area (Å²) in [5, 5.41) is 0. The molecule has 6 heavy (non-hydrogen) atoms. The first-order valence-electron chi connectivity index (χ1n) is 1.92. The van der Waals surface area contributed by atoms with Gasteiger partial charge in [0.25, 0.3) is 0 Å². The zero-order valence-electron chi connectivity index (χ0n) is 4.06. The Kier molecular flexibility index (Phi) is 2.46. The molecule has 0 bridgehead atoms. The van der Waals surface area contributed by atoms with E-state index < -0.39 is 0 Å². The van der Waals surface area contributed by atoms with Crippen LogP contribution >= 0.6 is 0 Å². The molecule has 0 aliphatic carbocycles. The summed E-state index contributed by atoms with van der Waals surface area (Å²) < 4.78 is 4.51. The number of rotatable bonds is 1. The molecule has 0 atom stereocenters. The second-order valence-corrected chi connectivity index (χ2v) is 0.952. The summed E-state index contributed by atoms with van der Waals surface area (Å²) in [5.74, 6) is 0.0394. The Balaban J connectivity index is 2.83. The zero-order chi connectivity index (χ0) is 4.99. The third kappa shape index (κ3) is 3.47. The van der Waals surface area contributed by atoms with Crippen molar-refractivity contribution in [2.75, 3.05) is 6.61 Å². The molecule has 0 aromatic carbocycles. The van der Waals surface area contributed by atoms with E-state index in [9.17, 15) is 0 Å². The van der Waals surface area contributed by atoms with Gasteiger partial charge in [-0.15, -0.1) is 0 Å². The van der Waals surface area contributed by atoms with Crippen molar-refractivity contribution in [3.63, 3.8) is 0 Å². The van der Waals surface area contributed by atoms with Gasteiger partial charge in [0.05, 0.1) is 6.92 Å². The highest BCUT2D eigenvalue weighted by atomic mass is 16.5. The van der Waals surface area contributed by atoms with Gasteiger partial charge in [0.15, 0.2) is 6.61 Å². The number of hydrogen-bond acceptors (Lipinski definition) is 1. The predicted molar refractivity (Wildman–Crippen MR) is 24.2 cm³/mol. The minimum atomic E-state index is 0.0394. The van der Waals surface area contributed by atoms with Crippen LogP contribution in [0.3, 0.4) is 0 Å². The van der Waals surface area contributed by atoms with Gasteiger partial charge in [0.1, 0.15) is 0 Å². The molecule has 0 radical (unpaired) electrons. The second-order valence-electron chi connectivity index (χ2n) is 0.952. The summed E-state index contributed by atoms with van der Waals surface area (Å²) in [6, 6.07) is 0. The van der Waals surface area contributed by atoms with Gasteiger partial charge in [-0.2, -0.15) is 0 Å². The lowest BCUT2D eigenvalue weighted by Gasteiger charge is -1.77. The summed E-state index contributed by atoms with van der Waals surface area (Å²) in [7, 11) is 0. The fraction of sp³-hybridized carbons (Fsp3) is 0.750. The summed E-state index contributed by atoms with van der Waals surface area (Å²) in [5.41, 5.74) is 0. The summed E-state index contributed by atoms with van der Waals surface area (Å²) in [6.45, 7) is 3.87. The molecular formula is C4H9O2+. The molecule has 0 amide bonds. The van der Waals surface area contributed by atoms with Crippen LogP contribution in [-0.2, 0) is 4.74 Å². The van der Waals surface area contributed by atoms with E-state index in [4.69, 9.17) is 4.79 Å². The van der Waals surface area contributed by atoms with Gasteiger partial charge in [0.2, 0.25) is 0 Å². The molecule has 2 heteroatoms. The maximum atomic E-state index is 8.25. The SMILES string of the molecule is CCOC(C)=[OH+]. The molecule has 0 fully saturated rings. The Morgan fingerprint density at radius 3 is 2.33 bits per heavy atom. The average molecular weight is 89.1 g/mol. The third-order valence-corrected chi connectivity index (χ3v) is 0.353. The van der Waals surface area contributed by atoms with Crippen molar-refractivity contribution in [2.45, 2.75) is 13.8 Å². The molecule has 0 saturated heterocycles. The first kappa shape index (κ1) is 5.47. The van der Waals surface area contributed by atoms with Crippen molar-refractivity contribution < 1.29 is 9.53 Å². The Morgan fingerprint density at radius 1 is 1.83 bits per heavy atom. The topological polar surface area (TPSA) is 30.6 Å². The average Bonchev–Trinajstić information content (AvgIpc) is 1.35. The number of carbonyl (C=O) groups excluding carboxylic acids is 1. The maximum absolute atomic E-state index is 8.25. The van der Waals surface area contributed by atoms with Crippen LogP contribution in [0.5, 0.6) is 0 Å². The van der Waals surface area contributed by atoms with Crippen LogP contribution in [0.1, 0.15) is 13.8 Å². The van der Waals surface area contributed by atoms with Gasteiger partial charge in [-0.3, -0.25) is 0 Å². The molecule has 0 aromatic rings. The Morgan fingerprint density at radius 2 is 2.33 bits per heavy atom. The van der Waals surface area contributed by atoms with Crippen molar-refractivity contribution in [3.8, 4) is 0 Å². The molecule has 0 rings (SSSR count). The van der Waals surface area contributed by atoms with Crippen molar-refractivity contribution in [2.24, 2.45) is 0 Å². The van der Waals surface area contributed by atoms with E-state index in [0.717, 1.165) is 0 Å². The number of ether oxygens (including phenoxy) is 1. The van der Waals surface area contributed by atoms with Crippen LogP contribution in [-0.4, -0.2) is 17.4 Å². The van der Waals surface area contributed by atoms with Gasteiger partial charge < -0.3 is 9.53 Å². The van der Waals surface area contributed by atoms with Crippen LogP contribution in [0.15, 0.2) is 0 Å². The molecule has 1 N–H and O–H groups in total. The van der Waals surface area contributed by atoms with Crippen LogP contribution in [0, 0.1) is 0 Å². The van der Waals surface area contributed by atoms with E-state index in [1.807, 2.05) is 6.92 Å². The van der Waals surface area contributed by atoms with Crippen molar-refractivity contribution in [1.82, 2.24) is 0 Å². The van der Waals surface area contributed by atoms with E-state index in [1.54, 1.807) is 0 Å². The van der Waals surface area contributed by atoms with Crippen LogP contribution in [0.2, 0.25) is 0 Å². The quantitative estimate of drug-likeness (QED) is 0.341. The second kappa shape index (κ2) is 2.69. The van der Waals surface area contributed by atoms with Gasteiger partial charge in [-0.05, 0) is 6.92 Å². The Labute approximate surface area is 37.1 Å². The fourth-order valence-electron chi connectivity index (χ4n) is 0.209. The van der Waals surface area contributed by atoms with E-state index in [0.29, 0.717) is 6.61 Å². The van der Waals surface area contributed by atoms with E-state index in [2.05, 4.69) is 4.74 Å². The van der Waals surface area contributed by atoms with Crippen molar-refractivity contribution >= 4 is 5.97 Å². The van der Waals surface area contributed by atoms with Crippen molar-refractivity contribution in [1.29, 1.82) is 0 Å². The third-order valence-electron chi connectivity index (χ3n) is 0.353. The molecule has 0 spiro atoms. The van der Waals surface area contributed by atoms with Gasteiger partial charge in [-0.1, -0.05) is 0 Å². The molecule has 2 nitrogen and oxygen atoms in total. The summed E-state index contributed by atoms with van der Waals surface area (Å²) in [4.78, 5) is 8.25. The number of hydrogen-bond donors (Lipinski definition) is 0. The van der Waals surface area contributed by atoms with Gasteiger partial charge in [0, 0.05) is 0 Å². The lowest BCUT2D eigenvalue weighted by molar-refractivity contribution is 0.289. The highest BCUT2D eigenvalue weighted by Gasteiger charge is 1.94. The number of esters is 1. The highest BCUT2D eigenvalue weighted by Crippen LogP contribution is 1.69. The van der Waals surface area contributed by atoms with E-state index in [-0.39, 0.29) is 5.97 Å². The largest absolute Gasteiger partial charge is 0.479 e. The molecule has 0 aliphatic heterocycles. The standard InChI is InChI=1S/C4H8O2/c1-3-6-4(2)5/h3H2,1-2H3/p+1.